The number of carbonyl (C=O) groups excluding carboxylic acids is 1. The highest BCUT2D eigenvalue weighted by atomic mass is 32.1. The SMILES string of the molecule is CCCNC(=O)C1CCCN(c2ncnc3sc4c(c23)CCC4)C1. The molecule has 3 heterocycles. The van der Waals surface area contributed by atoms with Gasteiger partial charge in [0.1, 0.15) is 17.0 Å². The molecule has 2 aromatic rings. The number of thiophene rings is 1. The molecule has 1 unspecified atom stereocenters. The van der Waals surface area contributed by atoms with Crippen molar-refractivity contribution >= 4 is 33.3 Å². The van der Waals surface area contributed by atoms with E-state index in [-0.39, 0.29) is 11.8 Å². The van der Waals surface area contributed by atoms with Gasteiger partial charge in [-0.05, 0) is 44.1 Å². The lowest BCUT2D eigenvalue weighted by atomic mass is 9.96. The zero-order valence-corrected chi connectivity index (χ0v) is 15.0. The Balaban J connectivity index is 1.61. The summed E-state index contributed by atoms with van der Waals surface area (Å²) in [6.07, 6.45) is 8.25. The maximum absolute atomic E-state index is 12.4. The summed E-state index contributed by atoms with van der Waals surface area (Å²) in [4.78, 5) is 26.4. The van der Waals surface area contributed by atoms with Gasteiger partial charge in [0.2, 0.25) is 5.91 Å². The van der Waals surface area contributed by atoms with E-state index in [4.69, 9.17) is 0 Å². The summed E-state index contributed by atoms with van der Waals surface area (Å²) in [6.45, 7) is 4.61. The number of carbonyl (C=O) groups is 1. The van der Waals surface area contributed by atoms with Crippen molar-refractivity contribution in [1.82, 2.24) is 15.3 Å². The molecule has 1 fully saturated rings. The third kappa shape index (κ3) is 2.77. The number of amides is 1. The highest BCUT2D eigenvalue weighted by Crippen LogP contribution is 2.40. The molecule has 1 saturated heterocycles. The van der Waals surface area contributed by atoms with Crippen LogP contribution in [0.5, 0.6) is 0 Å². The molecule has 1 amide bonds. The minimum absolute atomic E-state index is 0.0713. The van der Waals surface area contributed by atoms with Crippen molar-refractivity contribution in [2.45, 2.75) is 45.4 Å². The summed E-state index contributed by atoms with van der Waals surface area (Å²) < 4.78 is 0. The molecule has 2 aliphatic rings. The van der Waals surface area contributed by atoms with Crippen molar-refractivity contribution in [2.24, 2.45) is 5.92 Å². The molecule has 0 saturated carbocycles. The summed E-state index contributed by atoms with van der Waals surface area (Å²) in [7, 11) is 0. The molecule has 24 heavy (non-hydrogen) atoms. The third-order valence-electron chi connectivity index (χ3n) is 5.12. The van der Waals surface area contributed by atoms with Gasteiger partial charge in [-0.25, -0.2) is 9.97 Å². The molecular formula is C18H24N4OS. The van der Waals surface area contributed by atoms with Crippen molar-refractivity contribution in [1.29, 1.82) is 0 Å². The number of nitrogens with zero attached hydrogens (tertiary/aromatic N) is 3. The van der Waals surface area contributed by atoms with Crippen LogP contribution in [0.4, 0.5) is 5.82 Å². The molecule has 0 spiro atoms. The topological polar surface area (TPSA) is 58.1 Å². The number of aromatic nitrogens is 2. The van der Waals surface area contributed by atoms with Gasteiger partial charge in [0.05, 0.1) is 11.3 Å². The lowest BCUT2D eigenvalue weighted by Gasteiger charge is -2.33. The standard InChI is InChI=1S/C18H24N4OS/c1-2-8-19-17(23)12-5-4-9-22(10-12)16-15-13-6-3-7-14(13)24-18(15)21-11-20-16/h11-12H,2-10H2,1H3,(H,19,23). The Morgan fingerprint density at radius 2 is 2.29 bits per heavy atom. The van der Waals surface area contributed by atoms with Gasteiger partial charge >= 0.3 is 0 Å². The minimum Gasteiger partial charge on any atom is -0.356 e. The van der Waals surface area contributed by atoms with Gasteiger partial charge in [-0.2, -0.15) is 0 Å². The van der Waals surface area contributed by atoms with Gasteiger partial charge in [-0.15, -0.1) is 11.3 Å². The molecule has 2 aromatic heterocycles. The van der Waals surface area contributed by atoms with Crippen molar-refractivity contribution < 1.29 is 4.79 Å². The highest BCUT2D eigenvalue weighted by molar-refractivity contribution is 7.19. The van der Waals surface area contributed by atoms with Crippen LogP contribution >= 0.6 is 11.3 Å². The quantitative estimate of drug-likeness (QED) is 0.926. The highest BCUT2D eigenvalue weighted by Gasteiger charge is 2.29. The number of rotatable bonds is 4. The number of nitrogens with one attached hydrogen (secondary N) is 1. The second-order valence-corrected chi connectivity index (χ2v) is 7.89. The Morgan fingerprint density at radius 1 is 1.38 bits per heavy atom. The predicted octanol–water partition coefficient (Wildman–Crippen LogP) is 2.92. The fraction of sp³-hybridized carbons (Fsp3) is 0.611. The molecule has 1 atom stereocenters. The molecule has 6 heteroatoms. The monoisotopic (exact) mass is 344 g/mol. The normalized spacial score (nSPS) is 20.4. The first-order valence-electron chi connectivity index (χ1n) is 9.05. The fourth-order valence-corrected chi connectivity index (χ4v) is 5.15. The third-order valence-corrected chi connectivity index (χ3v) is 6.32. The van der Waals surface area contributed by atoms with Gasteiger partial charge in [0.15, 0.2) is 0 Å². The van der Waals surface area contributed by atoms with Crippen molar-refractivity contribution in [2.75, 3.05) is 24.5 Å². The second kappa shape index (κ2) is 6.67. The average molecular weight is 344 g/mol. The van der Waals surface area contributed by atoms with Crippen molar-refractivity contribution in [3.05, 3.63) is 16.8 Å². The number of hydrogen-bond acceptors (Lipinski definition) is 5. The molecule has 1 N–H and O–H groups in total. The first-order chi connectivity index (χ1) is 11.8. The number of fused-ring (bicyclic) bond motifs is 3. The maximum atomic E-state index is 12.4. The lowest BCUT2D eigenvalue weighted by Crippen LogP contribution is -2.43. The molecule has 128 valence electrons. The zero-order valence-electron chi connectivity index (χ0n) is 14.2. The van der Waals surface area contributed by atoms with E-state index in [1.165, 1.54) is 28.7 Å². The first-order valence-corrected chi connectivity index (χ1v) is 9.87. The second-order valence-electron chi connectivity index (χ2n) is 6.81. The summed E-state index contributed by atoms with van der Waals surface area (Å²) in [5, 5.41) is 4.31. The van der Waals surface area contributed by atoms with Crippen LogP contribution < -0.4 is 10.2 Å². The fourth-order valence-electron chi connectivity index (χ4n) is 3.93. The number of anilines is 1. The predicted molar refractivity (Wildman–Crippen MR) is 97.7 cm³/mol. The van der Waals surface area contributed by atoms with Gasteiger partial charge in [0, 0.05) is 24.5 Å². The first kappa shape index (κ1) is 15.8. The Bertz CT molecular complexity index is 757. The molecule has 1 aliphatic heterocycles. The Morgan fingerprint density at radius 3 is 3.17 bits per heavy atom. The number of hydrogen-bond donors (Lipinski definition) is 1. The van der Waals surface area contributed by atoms with E-state index in [0.717, 1.165) is 56.0 Å². The molecule has 1 aliphatic carbocycles. The summed E-state index contributed by atoms with van der Waals surface area (Å²) >= 11 is 1.83. The van der Waals surface area contributed by atoms with Crippen LogP contribution in [0.3, 0.4) is 0 Å². The van der Waals surface area contributed by atoms with Crippen LogP contribution in [0.15, 0.2) is 6.33 Å². The largest absolute Gasteiger partial charge is 0.356 e. The molecular weight excluding hydrogens is 320 g/mol. The maximum Gasteiger partial charge on any atom is 0.224 e. The van der Waals surface area contributed by atoms with Gasteiger partial charge in [-0.1, -0.05) is 6.92 Å². The molecule has 4 rings (SSSR count). The number of piperidine rings is 1. The van der Waals surface area contributed by atoms with Crippen molar-refractivity contribution in [3.63, 3.8) is 0 Å². The Labute approximate surface area is 146 Å². The summed E-state index contributed by atoms with van der Waals surface area (Å²) in [6, 6.07) is 0. The number of aryl methyl sites for hydroxylation is 2. The Kier molecular flexibility index (Phi) is 4.39. The van der Waals surface area contributed by atoms with Crippen LogP contribution in [0.25, 0.3) is 10.2 Å². The Hall–Kier alpha value is -1.69. The van der Waals surface area contributed by atoms with Crippen LogP contribution in [0.2, 0.25) is 0 Å². The van der Waals surface area contributed by atoms with E-state index < -0.39 is 0 Å². The smallest absolute Gasteiger partial charge is 0.224 e. The summed E-state index contributed by atoms with van der Waals surface area (Å²) in [5.74, 6) is 1.32. The van der Waals surface area contributed by atoms with Gasteiger partial charge in [0.25, 0.3) is 0 Å². The molecule has 0 aromatic carbocycles. The van der Waals surface area contributed by atoms with E-state index in [2.05, 4.69) is 27.1 Å². The molecule has 0 bridgehead atoms. The van der Waals surface area contributed by atoms with Crippen LogP contribution in [-0.2, 0) is 17.6 Å². The average Bonchev–Trinajstić information content (AvgIpc) is 3.20. The van der Waals surface area contributed by atoms with Crippen LogP contribution in [0, 0.1) is 5.92 Å². The van der Waals surface area contributed by atoms with E-state index >= 15 is 0 Å². The van der Waals surface area contributed by atoms with E-state index in [0.29, 0.717) is 0 Å². The molecule has 5 nitrogen and oxygen atoms in total. The van der Waals surface area contributed by atoms with Crippen molar-refractivity contribution in [3.8, 4) is 0 Å². The van der Waals surface area contributed by atoms with E-state index in [1.54, 1.807) is 6.33 Å². The van der Waals surface area contributed by atoms with Gasteiger partial charge in [-0.3, -0.25) is 4.79 Å². The van der Waals surface area contributed by atoms with E-state index in [9.17, 15) is 4.79 Å². The lowest BCUT2D eigenvalue weighted by molar-refractivity contribution is -0.125. The van der Waals surface area contributed by atoms with Crippen LogP contribution in [0.1, 0.15) is 43.0 Å². The summed E-state index contributed by atoms with van der Waals surface area (Å²) in [5.41, 5.74) is 1.46. The molecule has 0 radical (unpaired) electrons. The zero-order chi connectivity index (χ0) is 16.5. The van der Waals surface area contributed by atoms with Crippen LogP contribution in [-0.4, -0.2) is 35.5 Å². The van der Waals surface area contributed by atoms with E-state index in [1.807, 2.05) is 11.3 Å². The van der Waals surface area contributed by atoms with Gasteiger partial charge < -0.3 is 10.2 Å². The minimum atomic E-state index is 0.0713.